The molecular formula is C40H56N2. The van der Waals surface area contributed by atoms with Gasteiger partial charge >= 0.3 is 0 Å². The summed E-state index contributed by atoms with van der Waals surface area (Å²) < 4.78 is 1.40. The van der Waals surface area contributed by atoms with Gasteiger partial charge in [0.05, 0.1) is 0 Å². The Morgan fingerprint density at radius 2 is 0.881 bits per heavy atom. The molecule has 3 rings (SSSR count). The van der Waals surface area contributed by atoms with E-state index in [9.17, 15) is 5.53 Å². The maximum Gasteiger partial charge on any atom is 0.207 e. The maximum atomic E-state index is 11.4. The minimum Gasteiger partial charge on any atom is -0.493 e. The molecule has 226 valence electrons. The van der Waals surface area contributed by atoms with Gasteiger partial charge in [-0.25, -0.2) is 4.70 Å². The highest BCUT2D eigenvalue weighted by Crippen LogP contribution is 2.34. The first-order chi connectivity index (χ1) is 20.8. The van der Waals surface area contributed by atoms with E-state index in [1.807, 2.05) is 0 Å². The van der Waals surface area contributed by atoms with Gasteiger partial charge in [0.25, 0.3) is 0 Å². The second-order valence-electron chi connectivity index (χ2n) is 11.9. The zero-order chi connectivity index (χ0) is 29.7. The lowest BCUT2D eigenvalue weighted by Crippen LogP contribution is -2.05. The molecule has 1 heterocycles. The summed E-state index contributed by atoms with van der Waals surface area (Å²) in [5.41, 5.74) is 17.9. The van der Waals surface area contributed by atoms with E-state index in [0.717, 1.165) is 48.2 Å². The molecule has 42 heavy (non-hydrogen) atoms. The predicted octanol–water partition coefficient (Wildman–Crippen LogP) is 12.6. The molecular weight excluding hydrogens is 508 g/mol. The molecule has 2 heteroatoms. The lowest BCUT2D eigenvalue weighted by molar-refractivity contribution is -0.344. The van der Waals surface area contributed by atoms with Gasteiger partial charge in [-0.05, 0) is 74.6 Å². The standard InChI is InChI=1S/C40H56N2/c1-3-5-7-9-11-13-15-17-19-21-27-35-29-23-25-31-37(35)39-33-34-40(42(39)41)38-32-26-24-30-36(38)28-22-20-18-16-14-12-10-8-6-4-2/h17-20,23-26,29-34H,3-16,21-22,27-28H2,1-2H3. The molecule has 0 atom stereocenters. The Morgan fingerprint density at radius 1 is 0.500 bits per heavy atom. The monoisotopic (exact) mass is 564 g/mol. The smallest absolute Gasteiger partial charge is 0.207 e. The number of allylic oxidation sites excluding steroid dienone is 6. The van der Waals surface area contributed by atoms with E-state index in [-0.39, 0.29) is 0 Å². The van der Waals surface area contributed by atoms with Crippen molar-refractivity contribution in [1.82, 2.24) is 0 Å². The molecule has 0 N–H and O–H groups in total. The Hall–Kier alpha value is -3.00. The molecule has 0 fully saturated rings. The fraction of sp³-hybridized carbons (Fsp3) is 0.500. The largest absolute Gasteiger partial charge is 0.493 e. The maximum absolute atomic E-state index is 11.4. The van der Waals surface area contributed by atoms with Crippen LogP contribution >= 0.6 is 0 Å². The highest BCUT2D eigenvalue weighted by atomic mass is 15.2. The van der Waals surface area contributed by atoms with Crippen molar-refractivity contribution in [2.24, 2.45) is 0 Å². The van der Waals surface area contributed by atoms with E-state index in [1.54, 1.807) is 0 Å². The first-order valence-corrected chi connectivity index (χ1v) is 17.1. The number of rotatable bonds is 22. The predicted molar refractivity (Wildman–Crippen MR) is 183 cm³/mol. The van der Waals surface area contributed by atoms with Gasteiger partial charge in [-0.2, -0.15) is 0 Å². The van der Waals surface area contributed by atoms with Crippen LogP contribution < -0.4 is 0 Å². The van der Waals surface area contributed by atoms with Crippen LogP contribution in [0.15, 0.2) is 85.0 Å². The molecule has 0 aromatic heterocycles. The van der Waals surface area contributed by atoms with Crippen LogP contribution in [0.1, 0.15) is 139 Å². The van der Waals surface area contributed by atoms with Gasteiger partial charge < -0.3 is 5.53 Å². The molecule has 0 unspecified atom stereocenters. The van der Waals surface area contributed by atoms with Crippen molar-refractivity contribution in [3.8, 4) is 0 Å². The molecule has 1 aliphatic heterocycles. The lowest BCUT2D eigenvalue weighted by Gasteiger charge is -2.14. The van der Waals surface area contributed by atoms with Gasteiger partial charge in [0, 0.05) is 23.3 Å². The molecule has 1 aliphatic rings. The van der Waals surface area contributed by atoms with Crippen molar-refractivity contribution in [2.45, 2.75) is 129 Å². The van der Waals surface area contributed by atoms with Crippen molar-refractivity contribution in [3.05, 3.63) is 113 Å². The number of nitrogens with zero attached hydrogens (tertiary/aromatic N) is 2. The quantitative estimate of drug-likeness (QED) is 0.0772. The summed E-state index contributed by atoms with van der Waals surface area (Å²) in [5, 5.41) is 0. The topological polar surface area (TPSA) is 25.3 Å². The number of unbranched alkanes of at least 4 members (excludes halogenated alkanes) is 12. The third-order valence-corrected chi connectivity index (χ3v) is 8.38. The minimum atomic E-state index is 0.866. The van der Waals surface area contributed by atoms with E-state index in [4.69, 9.17) is 0 Å². The van der Waals surface area contributed by atoms with Crippen LogP contribution in [-0.4, -0.2) is 4.70 Å². The molecule has 0 amide bonds. The average Bonchev–Trinajstić information content (AvgIpc) is 3.40. The van der Waals surface area contributed by atoms with Gasteiger partial charge in [-0.3, -0.25) is 0 Å². The van der Waals surface area contributed by atoms with Gasteiger partial charge in [0.15, 0.2) is 0 Å². The average molecular weight is 565 g/mol. The number of benzene rings is 2. The van der Waals surface area contributed by atoms with Crippen molar-refractivity contribution in [1.29, 1.82) is 0 Å². The molecule has 2 aromatic carbocycles. The number of hydrogen-bond acceptors (Lipinski definition) is 0. The first kappa shape index (κ1) is 33.5. The zero-order valence-electron chi connectivity index (χ0n) is 26.7. The second kappa shape index (κ2) is 20.8. The molecule has 0 aliphatic carbocycles. The SMILES string of the molecule is CCCCCCCCC=CCCc1ccccc1C1=CC=C(c2ccccc2CCC=CCCCCCCCC)[N+]1=[N-]. The summed E-state index contributed by atoms with van der Waals surface area (Å²) in [7, 11) is 0. The molecule has 0 bridgehead atoms. The Balaban J connectivity index is 1.49. The number of hydrogen-bond donors (Lipinski definition) is 0. The summed E-state index contributed by atoms with van der Waals surface area (Å²) in [6, 6.07) is 17.1. The van der Waals surface area contributed by atoms with Crippen LogP contribution in [-0.2, 0) is 12.8 Å². The highest BCUT2D eigenvalue weighted by Gasteiger charge is 2.25. The Labute approximate surface area is 257 Å². The van der Waals surface area contributed by atoms with Crippen molar-refractivity contribution in [3.63, 3.8) is 0 Å². The van der Waals surface area contributed by atoms with Crippen LogP contribution in [0.3, 0.4) is 0 Å². The lowest BCUT2D eigenvalue weighted by atomic mass is 9.99. The molecule has 0 saturated heterocycles. The summed E-state index contributed by atoms with van der Waals surface area (Å²) in [5.74, 6) is 0. The van der Waals surface area contributed by atoms with Gasteiger partial charge in [-0.15, -0.1) is 0 Å². The molecule has 0 saturated carbocycles. The van der Waals surface area contributed by atoms with Crippen LogP contribution in [0.5, 0.6) is 0 Å². The van der Waals surface area contributed by atoms with E-state index in [2.05, 4.69) is 98.8 Å². The zero-order valence-corrected chi connectivity index (χ0v) is 26.7. The molecule has 0 spiro atoms. The van der Waals surface area contributed by atoms with Crippen LogP contribution in [0.25, 0.3) is 16.9 Å². The van der Waals surface area contributed by atoms with Crippen molar-refractivity contribution < 1.29 is 4.70 Å². The number of aryl methyl sites for hydroxylation is 2. The van der Waals surface area contributed by atoms with Crippen LogP contribution in [0.2, 0.25) is 0 Å². The molecule has 2 nitrogen and oxygen atoms in total. The van der Waals surface area contributed by atoms with Crippen LogP contribution in [0, 0.1) is 0 Å². The van der Waals surface area contributed by atoms with Gasteiger partial charge in [0.2, 0.25) is 11.4 Å². The summed E-state index contributed by atoms with van der Waals surface area (Å²) in [4.78, 5) is 0. The van der Waals surface area contributed by atoms with Crippen molar-refractivity contribution in [2.75, 3.05) is 0 Å². The third kappa shape index (κ3) is 11.7. The fourth-order valence-electron chi connectivity index (χ4n) is 5.85. The second-order valence-corrected chi connectivity index (χ2v) is 11.9. The summed E-state index contributed by atoms with van der Waals surface area (Å²) >= 11 is 0. The fourth-order valence-corrected chi connectivity index (χ4v) is 5.85. The Bertz CT molecular complexity index is 1090. The van der Waals surface area contributed by atoms with Gasteiger partial charge in [0.1, 0.15) is 0 Å². The highest BCUT2D eigenvalue weighted by molar-refractivity contribution is 5.77. The van der Waals surface area contributed by atoms with Gasteiger partial charge in [-0.1, -0.05) is 139 Å². The van der Waals surface area contributed by atoms with Crippen molar-refractivity contribution >= 4 is 11.4 Å². The first-order valence-electron chi connectivity index (χ1n) is 17.1. The van der Waals surface area contributed by atoms with E-state index < -0.39 is 0 Å². The van der Waals surface area contributed by atoms with E-state index in [0.29, 0.717) is 0 Å². The minimum absolute atomic E-state index is 0.866. The van der Waals surface area contributed by atoms with Crippen LogP contribution in [0.4, 0.5) is 0 Å². The third-order valence-electron chi connectivity index (χ3n) is 8.38. The molecule has 2 aromatic rings. The summed E-state index contributed by atoms with van der Waals surface area (Å²) in [6.45, 7) is 4.55. The van der Waals surface area contributed by atoms with E-state index in [1.165, 1.54) is 106 Å². The summed E-state index contributed by atoms with van der Waals surface area (Å²) in [6.07, 6.45) is 36.1. The Kier molecular flexibility index (Phi) is 16.6. The van der Waals surface area contributed by atoms with E-state index >= 15 is 0 Å². The Morgan fingerprint density at radius 3 is 1.33 bits per heavy atom. The normalized spacial score (nSPS) is 13.4. The molecule has 0 radical (unpaired) electrons.